The van der Waals surface area contributed by atoms with E-state index in [1.54, 1.807) is 0 Å². The zero-order chi connectivity index (χ0) is 18.5. The monoisotopic (exact) mass is 355 g/mol. The molecule has 2 radical (unpaired) electrons. The Morgan fingerprint density at radius 1 is 0.654 bits per heavy atom. The first-order valence-electron chi connectivity index (χ1n) is 9.50. The van der Waals surface area contributed by atoms with Crippen LogP contribution in [0.25, 0.3) is 32.3 Å². The molecule has 0 amide bonds. The van der Waals surface area contributed by atoms with Crippen LogP contribution < -0.4 is 4.43 Å². The standard InChI is InChI=1S/C18H11.C6H15N.Al/c1-2-7-15-12-18-16(11-14(15)6-1)10-9-13-5-3-4-8-17(13)18;1-4-7(5-2)6-3;/h1-7,9-12H;4-6H2,1-3H3;. The maximum absolute atomic E-state index is 2.85. The van der Waals surface area contributed by atoms with Gasteiger partial charge in [0.1, 0.15) is 0 Å². The van der Waals surface area contributed by atoms with E-state index in [1.165, 1.54) is 56.4 Å². The summed E-state index contributed by atoms with van der Waals surface area (Å²) in [6, 6.07) is 24.0. The Bertz CT molecular complexity index is 1010. The number of rotatable bonds is 3. The summed E-state index contributed by atoms with van der Waals surface area (Å²) in [5.74, 6) is 0. The number of benzene rings is 4. The van der Waals surface area contributed by atoms with E-state index in [2.05, 4.69) is 109 Å². The molecule has 0 spiro atoms. The first kappa shape index (κ1) is 18.9. The molecule has 0 saturated carbocycles. The van der Waals surface area contributed by atoms with E-state index in [0.717, 1.165) is 0 Å². The predicted molar refractivity (Wildman–Crippen MR) is 118 cm³/mol. The molecule has 0 heterocycles. The van der Waals surface area contributed by atoms with Crippen LogP contribution in [0.2, 0.25) is 0 Å². The molecule has 0 aliphatic heterocycles. The second-order valence-corrected chi connectivity index (χ2v) is 7.17. The van der Waals surface area contributed by atoms with Crippen molar-refractivity contribution < 1.29 is 0 Å². The Labute approximate surface area is 165 Å². The van der Waals surface area contributed by atoms with Crippen LogP contribution in [0.4, 0.5) is 0 Å². The van der Waals surface area contributed by atoms with Gasteiger partial charge in [-0.25, -0.2) is 0 Å². The normalized spacial score (nSPS) is 11.1. The third kappa shape index (κ3) is 3.94. The molecule has 0 atom stereocenters. The largest absolute Gasteiger partial charge is 0.304 e. The van der Waals surface area contributed by atoms with Crippen molar-refractivity contribution in [3.8, 4) is 0 Å². The van der Waals surface area contributed by atoms with Gasteiger partial charge in [-0.2, -0.15) is 0 Å². The molecule has 0 aliphatic rings. The lowest BCUT2D eigenvalue weighted by atomic mass is 9.98. The fourth-order valence-corrected chi connectivity index (χ4v) is 3.93. The highest BCUT2D eigenvalue weighted by molar-refractivity contribution is 6.41. The van der Waals surface area contributed by atoms with Gasteiger partial charge in [0.15, 0.2) is 16.3 Å². The highest BCUT2D eigenvalue weighted by atomic mass is 27.0. The molecule has 0 aliphatic carbocycles. The Kier molecular flexibility index (Phi) is 6.33. The maximum atomic E-state index is 2.85. The smallest absolute Gasteiger partial charge is 0.176 e. The second kappa shape index (κ2) is 8.69. The molecule has 0 unspecified atom stereocenters. The molecular weight excluding hydrogens is 329 g/mol. The van der Waals surface area contributed by atoms with Crippen molar-refractivity contribution in [3.63, 3.8) is 0 Å². The van der Waals surface area contributed by atoms with E-state index in [0.29, 0.717) is 0 Å². The minimum absolute atomic E-state index is 1.19. The average molecular weight is 355 g/mol. The Morgan fingerprint density at radius 2 is 1.23 bits per heavy atom. The minimum Gasteiger partial charge on any atom is -0.304 e. The predicted octanol–water partition coefficient (Wildman–Crippen LogP) is 5.29. The molecule has 0 fully saturated rings. The summed E-state index contributed by atoms with van der Waals surface area (Å²) in [4.78, 5) is 2.38. The SMILES string of the molecule is CCN(CC)CC.[Al][c]1cccc2ccc3cc4ccccc4cc3c12. The summed E-state index contributed by atoms with van der Waals surface area (Å²) in [7, 11) is 0. The van der Waals surface area contributed by atoms with Gasteiger partial charge in [0, 0.05) is 0 Å². The fourth-order valence-electron chi connectivity index (χ4n) is 3.50. The molecule has 4 rings (SSSR count). The van der Waals surface area contributed by atoms with Gasteiger partial charge in [-0.05, 0) is 64.1 Å². The third-order valence-corrected chi connectivity index (χ3v) is 5.58. The van der Waals surface area contributed by atoms with Crippen molar-refractivity contribution in [3.05, 3.63) is 66.7 Å². The van der Waals surface area contributed by atoms with Crippen molar-refractivity contribution in [2.24, 2.45) is 0 Å². The Hall–Kier alpha value is -1.85. The van der Waals surface area contributed by atoms with Crippen molar-refractivity contribution in [1.82, 2.24) is 4.90 Å². The summed E-state index contributed by atoms with van der Waals surface area (Å²) in [5, 5.41) is 7.89. The Morgan fingerprint density at radius 3 is 1.85 bits per heavy atom. The minimum atomic E-state index is 1.19. The van der Waals surface area contributed by atoms with Gasteiger partial charge in [-0.15, -0.1) is 4.43 Å². The number of fused-ring (bicyclic) bond motifs is 4. The van der Waals surface area contributed by atoms with Crippen LogP contribution in [-0.4, -0.2) is 40.8 Å². The van der Waals surface area contributed by atoms with Crippen LogP contribution in [0, 0.1) is 0 Å². The molecule has 4 aromatic rings. The highest BCUT2D eigenvalue weighted by Crippen LogP contribution is 2.28. The Balaban J connectivity index is 0.000000242. The van der Waals surface area contributed by atoms with Crippen LogP contribution in [0.1, 0.15) is 20.8 Å². The van der Waals surface area contributed by atoms with Gasteiger partial charge in [-0.1, -0.05) is 75.4 Å². The van der Waals surface area contributed by atoms with Crippen LogP contribution in [0.5, 0.6) is 0 Å². The molecule has 4 aromatic carbocycles. The topological polar surface area (TPSA) is 3.24 Å². The van der Waals surface area contributed by atoms with E-state index < -0.39 is 0 Å². The molecule has 26 heavy (non-hydrogen) atoms. The van der Waals surface area contributed by atoms with Gasteiger partial charge in [0.2, 0.25) is 0 Å². The van der Waals surface area contributed by atoms with Crippen molar-refractivity contribution in [2.75, 3.05) is 19.6 Å². The van der Waals surface area contributed by atoms with Crippen LogP contribution in [0.3, 0.4) is 0 Å². The van der Waals surface area contributed by atoms with E-state index in [4.69, 9.17) is 0 Å². The zero-order valence-electron chi connectivity index (χ0n) is 16.0. The fraction of sp³-hybridized carbons (Fsp3) is 0.250. The van der Waals surface area contributed by atoms with Crippen LogP contribution in [-0.2, 0) is 0 Å². The highest BCUT2D eigenvalue weighted by Gasteiger charge is 2.03. The molecule has 1 nitrogen and oxygen atoms in total. The second-order valence-electron chi connectivity index (χ2n) is 6.55. The molecule has 0 aromatic heterocycles. The zero-order valence-corrected chi connectivity index (χ0v) is 17.2. The van der Waals surface area contributed by atoms with E-state index in [1.807, 2.05) is 0 Å². The summed E-state index contributed by atoms with van der Waals surface area (Å²) in [6.07, 6.45) is 0. The first-order chi connectivity index (χ1) is 12.7. The molecular formula is C24H26AlN. The van der Waals surface area contributed by atoms with E-state index >= 15 is 0 Å². The van der Waals surface area contributed by atoms with Crippen molar-refractivity contribution >= 4 is 53.0 Å². The van der Waals surface area contributed by atoms with E-state index in [9.17, 15) is 0 Å². The van der Waals surface area contributed by atoms with Gasteiger partial charge in [0.05, 0.1) is 0 Å². The molecule has 0 saturated heterocycles. The quantitative estimate of drug-likeness (QED) is 0.274. The summed E-state index contributed by atoms with van der Waals surface area (Å²) in [5.41, 5.74) is 0. The number of nitrogens with zero attached hydrogens (tertiary/aromatic N) is 1. The van der Waals surface area contributed by atoms with Gasteiger partial charge >= 0.3 is 0 Å². The van der Waals surface area contributed by atoms with Crippen LogP contribution >= 0.6 is 0 Å². The van der Waals surface area contributed by atoms with Gasteiger partial charge < -0.3 is 4.90 Å². The third-order valence-electron chi connectivity index (χ3n) is 5.10. The molecule has 130 valence electrons. The van der Waals surface area contributed by atoms with E-state index in [-0.39, 0.29) is 0 Å². The van der Waals surface area contributed by atoms with Crippen molar-refractivity contribution in [2.45, 2.75) is 20.8 Å². The molecule has 0 N–H and O–H groups in total. The lowest BCUT2D eigenvalue weighted by molar-refractivity contribution is 0.321. The number of hydrogen-bond acceptors (Lipinski definition) is 1. The average Bonchev–Trinajstić information content (AvgIpc) is 2.68. The molecule has 0 bridgehead atoms. The first-order valence-corrected chi connectivity index (χ1v) is 10.1. The summed E-state index contributed by atoms with van der Waals surface area (Å²) >= 11 is 2.85. The lowest BCUT2D eigenvalue weighted by Crippen LogP contribution is -2.21. The van der Waals surface area contributed by atoms with Crippen molar-refractivity contribution in [1.29, 1.82) is 0 Å². The maximum Gasteiger partial charge on any atom is 0.176 e. The summed E-state index contributed by atoms with van der Waals surface area (Å²) in [6.45, 7) is 10.1. The van der Waals surface area contributed by atoms with Gasteiger partial charge in [0.25, 0.3) is 0 Å². The lowest BCUT2D eigenvalue weighted by Gasteiger charge is -2.13. The molecule has 2 heteroatoms. The van der Waals surface area contributed by atoms with Crippen LogP contribution in [0.15, 0.2) is 66.7 Å². The number of hydrogen-bond donors (Lipinski definition) is 0. The van der Waals surface area contributed by atoms with Gasteiger partial charge in [-0.3, -0.25) is 0 Å². The summed E-state index contributed by atoms with van der Waals surface area (Å²) < 4.78 is 1.26.